The molecule has 0 saturated carbocycles. The molecule has 0 spiro atoms. The molecule has 2 aromatic heterocycles. The number of thiophene rings is 1. The molecule has 3 rings (SSSR count). The van der Waals surface area contributed by atoms with Crippen LogP contribution < -0.4 is 0 Å². The highest BCUT2D eigenvalue weighted by molar-refractivity contribution is 9.11. The topological polar surface area (TPSA) is 79.5 Å². The first-order valence-electron chi connectivity index (χ1n) is 8.28. The zero-order valence-corrected chi connectivity index (χ0v) is 17.2. The molecule has 0 atom stereocenters. The fraction of sp³-hybridized carbons (Fsp3) is 0.600. The van der Waals surface area contributed by atoms with Crippen molar-refractivity contribution in [1.29, 1.82) is 0 Å². The Kier molecular flexibility index (Phi) is 6.26. The molecule has 25 heavy (non-hydrogen) atoms. The number of piperazine rings is 1. The second kappa shape index (κ2) is 8.26. The van der Waals surface area contributed by atoms with Crippen molar-refractivity contribution in [2.45, 2.75) is 36.9 Å². The Labute approximate surface area is 160 Å². The number of aromatic nitrogens is 2. The molecule has 1 aliphatic rings. The summed E-state index contributed by atoms with van der Waals surface area (Å²) in [7, 11) is -3.40. The molecule has 0 bridgehead atoms. The summed E-state index contributed by atoms with van der Waals surface area (Å²) in [5.74, 6) is 1.35. The van der Waals surface area contributed by atoms with E-state index < -0.39 is 10.0 Å². The largest absolute Gasteiger partial charge is 0.338 e. The van der Waals surface area contributed by atoms with Gasteiger partial charge < -0.3 is 4.52 Å². The third kappa shape index (κ3) is 4.68. The van der Waals surface area contributed by atoms with Crippen molar-refractivity contribution in [1.82, 2.24) is 19.3 Å². The van der Waals surface area contributed by atoms with Crippen LogP contribution in [0.25, 0.3) is 0 Å². The zero-order valence-electron chi connectivity index (χ0n) is 14.0. The normalized spacial score (nSPS) is 17.2. The number of hydrogen-bond acceptors (Lipinski definition) is 7. The molecule has 0 unspecified atom stereocenters. The van der Waals surface area contributed by atoms with Crippen LogP contribution in [-0.2, 0) is 23.0 Å². The minimum Gasteiger partial charge on any atom is -0.338 e. The van der Waals surface area contributed by atoms with Crippen molar-refractivity contribution >= 4 is 37.3 Å². The van der Waals surface area contributed by atoms with Gasteiger partial charge in [0, 0.05) is 32.6 Å². The van der Waals surface area contributed by atoms with Gasteiger partial charge in [-0.2, -0.15) is 9.29 Å². The van der Waals surface area contributed by atoms with Crippen LogP contribution in [0.2, 0.25) is 0 Å². The number of aryl methyl sites for hydroxylation is 1. The number of hydrogen-bond donors (Lipinski definition) is 0. The first-order chi connectivity index (χ1) is 12.0. The number of nitrogens with zero attached hydrogens (tertiary/aromatic N) is 4. The summed E-state index contributed by atoms with van der Waals surface area (Å²) in [6, 6.07) is 3.41. The van der Waals surface area contributed by atoms with Crippen molar-refractivity contribution < 1.29 is 12.9 Å². The third-order valence-corrected chi connectivity index (χ3v) is 8.09. The minimum atomic E-state index is -3.40. The molecular formula is C15H21BrN4O3S2. The molecule has 1 saturated heterocycles. The number of sulfonamides is 1. The third-order valence-electron chi connectivity index (χ3n) is 4.10. The molecule has 1 aliphatic heterocycles. The molecule has 0 aliphatic carbocycles. The maximum Gasteiger partial charge on any atom is 0.252 e. The number of rotatable bonds is 7. The number of unbranched alkanes of at least 4 members (excludes halogenated alkanes) is 1. The Hall–Kier alpha value is -0.810. The van der Waals surface area contributed by atoms with E-state index in [4.69, 9.17) is 4.52 Å². The van der Waals surface area contributed by atoms with Gasteiger partial charge in [0.25, 0.3) is 10.0 Å². The highest BCUT2D eigenvalue weighted by Gasteiger charge is 2.30. The Morgan fingerprint density at radius 2 is 2.04 bits per heavy atom. The Balaban J connectivity index is 1.54. The smallest absolute Gasteiger partial charge is 0.252 e. The first-order valence-corrected chi connectivity index (χ1v) is 11.3. The van der Waals surface area contributed by atoms with Gasteiger partial charge in [-0.25, -0.2) is 8.42 Å². The molecule has 10 heteroatoms. The molecule has 0 radical (unpaired) electrons. The van der Waals surface area contributed by atoms with E-state index in [0.29, 0.717) is 42.8 Å². The summed E-state index contributed by atoms with van der Waals surface area (Å²) in [6.07, 6.45) is 2.98. The van der Waals surface area contributed by atoms with Gasteiger partial charge in [-0.3, -0.25) is 4.90 Å². The average Bonchev–Trinajstić information content (AvgIpc) is 3.23. The van der Waals surface area contributed by atoms with Gasteiger partial charge in [-0.05, 0) is 34.5 Å². The van der Waals surface area contributed by atoms with Crippen molar-refractivity contribution in [3.05, 3.63) is 27.6 Å². The van der Waals surface area contributed by atoms with Gasteiger partial charge >= 0.3 is 0 Å². The van der Waals surface area contributed by atoms with Crippen LogP contribution in [0, 0.1) is 0 Å². The average molecular weight is 449 g/mol. The van der Waals surface area contributed by atoms with Gasteiger partial charge in [0.15, 0.2) is 5.82 Å². The Morgan fingerprint density at radius 3 is 2.68 bits per heavy atom. The van der Waals surface area contributed by atoms with E-state index in [1.165, 1.54) is 11.3 Å². The Bertz CT molecular complexity index is 797. The SMILES string of the molecule is CCCCc1noc(CN2CCN(S(=O)(=O)c3ccc(Br)s3)CC2)n1. The highest BCUT2D eigenvalue weighted by Crippen LogP contribution is 2.29. The summed E-state index contributed by atoms with van der Waals surface area (Å²) in [5, 5.41) is 3.99. The van der Waals surface area contributed by atoms with E-state index in [2.05, 4.69) is 37.9 Å². The zero-order chi connectivity index (χ0) is 17.9. The van der Waals surface area contributed by atoms with Crippen molar-refractivity contribution in [2.75, 3.05) is 26.2 Å². The van der Waals surface area contributed by atoms with E-state index in [1.807, 2.05) is 0 Å². The van der Waals surface area contributed by atoms with Gasteiger partial charge in [-0.15, -0.1) is 11.3 Å². The van der Waals surface area contributed by atoms with Gasteiger partial charge in [0.05, 0.1) is 10.3 Å². The molecule has 2 aromatic rings. The van der Waals surface area contributed by atoms with Crippen molar-refractivity contribution in [2.24, 2.45) is 0 Å². The summed E-state index contributed by atoms with van der Waals surface area (Å²) in [6.45, 7) is 4.93. The van der Waals surface area contributed by atoms with Crippen LogP contribution in [0.3, 0.4) is 0 Å². The summed E-state index contributed by atoms with van der Waals surface area (Å²) >= 11 is 4.56. The van der Waals surface area contributed by atoms with E-state index in [1.54, 1.807) is 16.4 Å². The second-order valence-electron chi connectivity index (χ2n) is 5.95. The van der Waals surface area contributed by atoms with Gasteiger partial charge in [0.1, 0.15) is 4.21 Å². The minimum absolute atomic E-state index is 0.380. The predicted octanol–water partition coefficient (Wildman–Crippen LogP) is 2.74. The fourth-order valence-corrected chi connectivity index (χ4v) is 6.26. The lowest BCUT2D eigenvalue weighted by molar-refractivity contribution is 0.163. The highest BCUT2D eigenvalue weighted by atomic mass is 79.9. The van der Waals surface area contributed by atoms with E-state index >= 15 is 0 Å². The van der Waals surface area contributed by atoms with Crippen LogP contribution in [0.15, 0.2) is 24.7 Å². The molecule has 7 nitrogen and oxygen atoms in total. The van der Waals surface area contributed by atoms with Crippen LogP contribution in [0.4, 0.5) is 0 Å². The van der Waals surface area contributed by atoms with E-state index in [-0.39, 0.29) is 0 Å². The van der Waals surface area contributed by atoms with Crippen LogP contribution in [0.5, 0.6) is 0 Å². The maximum atomic E-state index is 12.6. The summed E-state index contributed by atoms with van der Waals surface area (Å²) < 4.78 is 33.3. The number of halogens is 1. The fourth-order valence-electron chi connectivity index (χ4n) is 2.67. The predicted molar refractivity (Wildman–Crippen MR) is 99.0 cm³/mol. The maximum absolute atomic E-state index is 12.6. The van der Waals surface area contributed by atoms with Gasteiger partial charge in [-0.1, -0.05) is 18.5 Å². The van der Waals surface area contributed by atoms with Gasteiger partial charge in [0.2, 0.25) is 5.89 Å². The molecule has 1 fully saturated rings. The second-order valence-corrected chi connectivity index (χ2v) is 10.6. The molecular weight excluding hydrogens is 428 g/mol. The summed E-state index contributed by atoms with van der Waals surface area (Å²) in [4.78, 5) is 6.55. The summed E-state index contributed by atoms with van der Waals surface area (Å²) in [5.41, 5.74) is 0. The van der Waals surface area contributed by atoms with Crippen molar-refractivity contribution in [3.63, 3.8) is 0 Å². The van der Waals surface area contributed by atoms with Crippen LogP contribution in [-0.4, -0.2) is 53.9 Å². The molecule has 3 heterocycles. The molecule has 0 aromatic carbocycles. The standard InChI is InChI=1S/C15H21BrN4O3S2/c1-2-3-4-13-17-14(23-18-13)11-19-7-9-20(10-8-19)25(21,22)15-6-5-12(16)24-15/h5-6H,2-4,7-11H2,1H3. The van der Waals surface area contributed by atoms with Crippen LogP contribution >= 0.6 is 27.3 Å². The first kappa shape index (κ1) is 19.0. The van der Waals surface area contributed by atoms with E-state index in [9.17, 15) is 8.42 Å². The monoisotopic (exact) mass is 448 g/mol. The van der Waals surface area contributed by atoms with Crippen molar-refractivity contribution in [3.8, 4) is 0 Å². The lowest BCUT2D eigenvalue weighted by Crippen LogP contribution is -2.48. The Morgan fingerprint density at radius 1 is 1.28 bits per heavy atom. The van der Waals surface area contributed by atoms with E-state index in [0.717, 1.165) is 28.9 Å². The molecule has 0 N–H and O–H groups in total. The lowest BCUT2D eigenvalue weighted by atomic mass is 10.2. The molecule has 138 valence electrons. The lowest BCUT2D eigenvalue weighted by Gasteiger charge is -2.32. The quantitative estimate of drug-likeness (QED) is 0.647. The molecule has 0 amide bonds. The van der Waals surface area contributed by atoms with Crippen LogP contribution in [0.1, 0.15) is 31.5 Å².